The lowest BCUT2D eigenvalue weighted by Gasteiger charge is -2.12. The highest BCUT2D eigenvalue weighted by Gasteiger charge is 2.23. The van der Waals surface area contributed by atoms with E-state index < -0.39 is 0 Å². The molecular weight excluding hydrogens is 386 g/mol. The van der Waals surface area contributed by atoms with Gasteiger partial charge < -0.3 is 15.6 Å². The normalized spacial score (nSPS) is 14.5. The third-order valence-corrected chi connectivity index (χ3v) is 6.33. The molecule has 0 bridgehead atoms. The van der Waals surface area contributed by atoms with Gasteiger partial charge in [0, 0.05) is 29.9 Å². The SMILES string of the molecule is CCCNC(=O)c1cccc2cc(-c3cn(C4CCCC4)c4ncnc(N)c34)ccc12. The minimum atomic E-state index is -0.0318. The average molecular weight is 414 g/mol. The summed E-state index contributed by atoms with van der Waals surface area (Å²) in [6.07, 6.45) is 9.48. The number of hydrogen-bond acceptors (Lipinski definition) is 4. The third-order valence-electron chi connectivity index (χ3n) is 6.33. The highest BCUT2D eigenvalue weighted by Crippen LogP contribution is 2.39. The molecule has 5 rings (SSSR count). The molecular formula is C25H27N5O. The number of carbonyl (C=O) groups is 1. The number of anilines is 1. The number of nitrogens with zero attached hydrogens (tertiary/aromatic N) is 3. The van der Waals surface area contributed by atoms with Gasteiger partial charge in [-0.1, -0.05) is 44.0 Å². The summed E-state index contributed by atoms with van der Waals surface area (Å²) in [6.45, 7) is 2.72. The summed E-state index contributed by atoms with van der Waals surface area (Å²) in [5.41, 5.74) is 10.0. The summed E-state index contributed by atoms with van der Waals surface area (Å²) < 4.78 is 2.29. The molecule has 1 fully saturated rings. The van der Waals surface area contributed by atoms with Gasteiger partial charge >= 0.3 is 0 Å². The summed E-state index contributed by atoms with van der Waals surface area (Å²) in [4.78, 5) is 21.4. The number of aromatic nitrogens is 3. The summed E-state index contributed by atoms with van der Waals surface area (Å²) in [5, 5.41) is 5.86. The van der Waals surface area contributed by atoms with Crippen molar-refractivity contribution in [2.75, 3.05) is 12.3 Å². The fourth-order valence-corrected chi connectivity index (χ4v) is 4.77. The van der Waals surface area contributed by atoms with Crippen molar-refractivity contribution in [3.8, 4) is 11.1 Å². The van der Waals surface area contributed by atoms with Crippen LogP contribution in [0, 0.1) is 0 Å². The summed E-state index contributed by atoms with van der Waals surface area (Å²) in [7, 11) is 0. The third kappa shape index (κ3) is 3.42. The van der Waals surface area contributed by atoms with Crippen molar-refractivity contribution in [1.82, 2.24) is 19.9 Å². The molecule has 4 aromatic rings. The molecule has 158 valence electrons. The second-order valence-corrected chi connectivity index (χ2v) is 8.34. The number of nitrogen functional groups attached to an aromatic ring is 1. The van der Waals surface area contributed by atoms with Crippen LogP contribution in [0.5, 0.6) is 0 Å². The molecule has 2 heterocycles. The van der Waals surface area contributed by atoms with Crippen LogP contribution in [0.3, 0.4) is 0 Å². The molecule has 1 saturated carbocycles. The first kappa shape index (κ1) is 19.5. The second kappa shape index (κ2) is 8.02. The number of carbonyl (C=O) groups excluding carboxylic acids is 1. The lowest BCUT2D eigenvalue weighted by molar-refractivity contribution is 0.0955. The van der Waals surface area contributed by atoms with Crippen molar-refractivity contribution in [3.63, 3.8) is 0 Å². The van der Waals surface area contributed by atoms with Crippen molar-refractivity contribution in [1.29, 1.82) is 0 Å². The maximum absolute atomic E-state index is 12.6. The smallest absolute Gasteiger partial charge is 0.251 e. The fraction of sp³-hybridized carbons (Fsp3) is 0.320. The minimum absolute atomic E-state index is 0.0318. The highest BCUT2D eigenvalue weighted by atomic mass is 16.1. The van der Waals surface area contributed by atoms with Gasteiger partial charge in [0.15, 0.2) is 0 Å². The Morgan fingerprint density at radius 2 is 2.03 bits per heavy atom. The van der Waals surface area contributed by atoms with Gasteiger partial charge in [-0.05, 0) is 47.7 Å². The molecule has 0 saturated heterocycles. The van der Waals surface area contributed by atoms with Gasteiger partial charge in [-0.15, -0.1) is 0 Å². The number of benzene rings is 2. The Morgan fingerprint density at radius 3 is 2.84 bits per heavy atom. The first-order valence-corrected chi connectivity index (χ1v) is 11.1. The number of fused-ring (bicyclic) bond motifs is 2. The first-order valence-electron chi connectivity index (χ1n) is 11.1. The van der Waals surface area contributed by atoms with Crippen LogP contribution in [0.4, 0.5) is 5.82 Å². The van der Waals surface area contributed by atoms with Crippen LogP contribution in [0.25, 0.3) is 32.9 Å². The van der Waals surface area contributed by atoms with Crippen LogP contribution < -0.4 is 11.1 Å². The van der Waals surface area contributed by atoms with Crippen LogP contribution in [-0.4, -0.2) is 27.0 Å². The molecule has 0 radical (unpaired) electrons. The monoisotopic (exact) mass is 413 g/mol. The Balaban J connectivity index is 1.64. The number of hydrogen-bond donors (Lipinski definition) is 2. The van der Waals surface area contributed by atoms with E-state index in [-0.39, 0.29) is 5.91 Å². The van der Waals surface area contributed by atoms with Crippen LogP contribution in [0.1, 0.15) is 55.4 Å². The molecule has 0 unspecified atom stereocenters. The topological polar surface area (TPSA) is 85.8 Å². The van der Waals surface area contributed by atoms with E-state index in [0.717, 1.165) is 39.4 Å². The fourth-order valence-electron chi connectivity index (χ4n) is 4.77. The predicted molar refractivity (Wildman–Crippen MR) is 125 cm³/mol. The van der Waals surface area contributed by atoms with Crippen LogP contribution in [0.15, 0.2) is 48.9 Å². The van der Waals surface area contributed by atoms with E-state index >= 15 is 0 Å². The average Bonchev–Trinajstić information content (AvgIpc) is 3.45. The zero-order valence-electron chi connectivity index (χ0n) is 17.8. The van der Waals surface area contributed by atoms with Crippen LogP contribution >= 0.6 is 0 Å². The zero-order valence-corrected chi connectivity index (χ0v) is 17.8. The van der Waals surface area contributed by atoms with E-state index in [1.165, 1.54) is 25.7 Å². The summed E-state index contributed by atoms with van der Waals surface area (Å²) >= 11 is 0. The minimum Gasteiger partial charge on any atom is -0.383 e. The van der Waals surface area contributed by atoms with Crippen molar-refractivity contribution < 1.29 is 4.79 Å². The van der Waals surface area contributed by atoms with E-state index in [0.29, 0.717) is 24.0 Å². The Labute approximate surface area is 181 Å². The van der Waals surface area contributed by atoms with Gasteiger partial charge in [-0.3, -0.25) is 4.79 Å². The van der Waals surface area contributed by atoms with Gasteiger partial charge in [0.2, 0.25) is 0 Å². The van der Waals surface area contributed by atoms with E-state index in [4.69, 9.17) is 5.73 Å². The number of amides is 1. The lowest BCUT2D eigenvalue weighted by atomic mass is 9.98. The molecule has 1 amide bonds. The number of rotatable bonds is 5. The maximum Gasteiger partial charge on any atom is 0.251 e. The van der Waals surface area contributed by atoms with E-state index in [9.17, 15) is 4.79 Å². The van der Waals surface area contributed by atoms with E-state index in [1.807, 2.05) is 31.2 Å². The molecule has 1 aliphatic rings. The van der Waals surface area contributed by atoms with Crippen molar-refractivity contribution in [3.05, 3.63) is 54.5 Å². The molecule has 3 N–H and O–H groups in total. The van der Waals surface area contributed by atoms with Gasteiger partial charge in [-0.25, -0.2) is 9.97 Å². The van der Waals surface area contributed by atoms with Gasteiger partial charge in [-0.2, -0.15) is 0 Å². The summed E-state index contributed by atoms with van der Waals surface area (Å²) in [6, 6.07) is 12.6. The van der Waals surface area contributed by atoms with Gasteiger partial charge in [0.05, 0.1) is 5.39 Å². The zero-order chi connectivity index (χ0) is 21.4. The van der Waals surface area contributed by atoms with Crippen molar-refractivity contribution in [2.45, 2.75) is 45.1 Å². The molecule has 2 aromatic heterocycles. The standard InChI is InChI=1S/C25H27N5O/c1-2-12-27-25(31)20-9-5-6-16-13-17(10-11-19(16)20)21-14-30(18-7-3-4-8-18)24-22(21)23(26)28-15-29-24/h5-6,9-11,13-15,18H,2-4,7-8,12H2,1H3,(H,27,31)(H2,26,28,29). The predicted octanol–water partition coefficient (Wildman–Crippen LogP) is 5.09. The van der Waals surface area contributed by atoms with E-state index in [1.54, 1.807) is 6.33 Å². The molecule has 6 nitrogen and oxygen atoms in total. The maximum atomic E-state index is 12.6. The quantitative estimate of drug-likeness (QED) is 0.477. The number of nitrogens with one attached hydrogen (secondary N) is 1. The largest absolute Gasteiger partial charge is 0.383 e. The lowest BCUT2D eigenvalue weighted by Crippen LogP contribution is -2.24. The van der Waals surface area contributed by atoms with E-state index in [2.05, 4.69) is 38.2 Å². The molecule has 1 aliphatic carbocycles. The molecule has 0 atom stereocenters. The number of nitrogens with two attached hydrogens (primary N) is 1. The Hall–Kier alpha value is -3.41. The Bertz CT molecular complexity index is 1270. The Kier molecular flexibility index (Phi) is 5.06. The van der Waals surface area contributed by atoms with Crippen LogP contribution in [-0.2, 0) is 0 Å². The molecule has 6 heteroatoms. The van der Waals surface area contributed by atoms with Crippen molar-refractivity contribution in [2.24, 2.45) is 0 Å². The summed E-state index contributed by atoms with van der Waals surface area (Å²) in [5.74, 6) is 0.472. The first-order chi connectivity index (χ1) is 15.2. The van der Waals surface area contributed by atoms with Crippen LogP contribution in [0.2, 0.25) is 0 Å². The molecule has 0 spiro atoms. The molecule has 0 aliphatic heterocycles. The molecule has 2 aromatic carbocycles. The van der Waals surface area contributed by atoms with Gasteiger partial charge in [0.25, 0.3) is 5.91 Å². The van der Waals surface area contributed by atoms with Gasteiger partial charge in [0.1, 0.15) is 17.8 Å². The molecule has 31 heavy (non-hydrogen) atoms. The Morgan fingerprint density at radius 1 is 1.19 bits per heavy atom. The van der Waals surface area contributed by atoms with Crippen molar-refractivity contribution >= 4 is 33.5 Å². The second-order valence-electron chi connectivity index (χ2n) is 8.34. The highest BCUT2D eigenvalue weighted by molar-refractivity contribution is 6.09.